The molecule has 2 aromatic heterocycles. The van der Waals surface area contributed by atoms with Crippen molar-refractivity contribution in [2.75, 3.05) is 0 Å². The Morgan fingerprint density at radius 2 is 2.07 bits per heavy atom. The van der Waals surface area contributed by atoms with E-state index < -0.39 is 7.12 Å². The molecule has 0 radical (unpaired) electrons. The van der Waals surface area contributed by atoms with Crippen LogP contribution in [-0.4, -0.2) is 31.9 Å². The van der Waals surface area contributed by atoms with E-state index in [1.54, 1.807) is 23.0 Å². The van der Waals surface area contributed by atoms with Crippen molar-refractivity contribution in [3.05, 3.63) is 30.7 Å². The molecule has 0 fully saturated rings. The minimum absolute atomic E-state index is 0.377. The minimum Gasteiger partial charge on any atom is -0.423 e. The Kier molecular flexibility index (Phi) is 2.53. The zero-order valence-electron chi connectivity index (χ0n) is 8.20. The molecule has 0 saturated heterocycles. The molecule has 6 heteroatoms. The Labute approximate surface area is 87.2 Å². The molecule has 2 N–H and O–H groups in total. The zero-order valence-corrected chi connectivity index (χ0v) is 8.20. The number of nitrogens with zero attached hydrogens (tertiary/aromatic N) is 3. The van der Waals surface area contributed by atoms with Crippen molar-refractivity contribution in [3.8, 4) is 11.3 Å². The summed E-state index contributed by atoms with van der Waals surface area (Å²) >= 11 is 0. The van der Waals surface area contributed by atoms with E-state index in [0.29, 0.717) is 5.46 Å². The van der Waals surface area contributed by atoms with Gasteiger partial charge >= 0.3 is 7.12 Å². The van der Waals surface area contributed by atoms with Crippen molar-refractivity contribution >= 4 is 12.6 Å². The maximum Gasteiger partial charge on any atom is 0.490 e. The molecule has 0 aromatic carbocycles. The molecule has 2 heterocycles. The van der Waals surface area contributed by atoms with Gasteiger partial charge < -0.3 is 10.0 Å². The SMILES string of the molecule is Cn1cc(-c2ccc(B(O)O)cn2)cn1. The van der Waals surface area contributed by atoms with Crippen molar-refractivity contribution in [1.82, 2.24) is 14.8 Å². The van der Waals surface area contributed by atoms with Gasteiger partial charge in [-0.1, -0.05) is 6.07 Å². The highest BCUT2D eigenvalue weighted by Crippen LogP contribution is 2.13. The Balaban J connectivity index is 2.31. The number of aromatic nitrogens is 3. The fraction of sp³-hybridized carbons (Fsp3) is 0.111. The van der Waals surface area contributed by atoms with Gasteiger partial charge in [0.2, 0.25) is 0 Å². The molecule has 0 saturated carbocycles. The molecule has 0 spiro atoms. The Hall–Kier alpha value is -1.66. The van der Waals surface area contributed by atoms with Gasteiger partial charge in [0.05, 0.1) is 11.9 Å². The topological polar surface area (TPSA) is 71.2 Å². The van der Waals surface area contributed by atoms with Gasteiger partial charge in [0.15, 0.2) is 0 Å². The van der Waals surface area contributed by atoms with Gasteiger partial charge in [-0.2, -0.15) is 5.10 Å². The highest BCUT2D eigenvalue weighted by atomic mass is 16.4. The van der Waals surface area contributed by atoms with Gasteiger partial charge in [0.1, 0.15) is 0 Å². The number of pyridine rings is 1. The van der Waals surface area contributed by atoms with Crippen molar-refractivity contribution in [2.45, 2.75) is 0 Å². The lowest BCUT2D eigenvalue weighted by molar-refractivity contribution is 0.425. The van der Waals surface area contributed by atoms with Crippen LogP contribution in [0.4, 0.5) is 0 Å². The Morgan fingerprint density at radius 3 is 2.53 bits per heavy atom. The first-order valence-corrected chi connectivity index (χ1v) is 4.48. The van der Waals surface area contributed by atoms with E-state index >= 15 is 0 Å². The fourth-order valence-corrected chi connectivity index (χ4v) is 1.28. The van der Waals surface area contributed by atoms with E-state index in [1.165, 1.54) is 6.20 Å². The van der Waals surface area contributed by atoms with Crippen LogP contribution in [0.5, 0.6) is 0 Å². The Morgan fingerprint density at radius 1 is 1.27 bits per heavy atom. The summed E-state index contributed by atoms with van der Waals surface area (Å²) in [6.45, 7) is 0. The molecule has 0 amide bonds. The maximum atomic E-state index is 8.89. The van der Waals surface area contributed by atoms with Crippen LogP contribution in [0.25, 0.3) is 11.3 Å². The third-order valence-corrected chi connectivity index (χ3v) is 2.09. The van der Waals surface area contributed by atoms with Crippen molar-refractivity contribution in [3.63, 3.8) is 0 Å². The molecule has 0 aliphatic heterocycles. The molecular formula is C9H10BN3O2. The lowest BCUT2D eigenvalue weighted by atomic mass is 9.81. The molecule has 15 heavy (non-hydrogen) atoms. The first kappa shape index (κ1) is 9.88. The molecule has 0 bridgehead atoms. The lowest BCUT2D eigenvalue weighted by Crippen LogP contribution is -2.29. The van der Waals surface area contributed by atoms with Gasteiger partial charge in [0.25, 0.3) is 0 Å². The van der Waals surface area contributed by atoms with Crippen LogP contribution in [0.2, 0.25) is 0 Å². The van der Waals surface area contributed by atoms with E-state index in [2.05, 4.69) is 10.1 Å². The number of rotatable bonds is 2. The molecule has 2 rings (SSSR count). The van der Waals surface area contributed by atoms with Crippen LogP contribution < -0.4 is 5.46 Å². The number of hydrogen-bond acceptors (Lipinski definition) is 4. The highest BCUT2D eigenvalue weighted by Gasteiger charge is 2.11. The number of aryl methyl sites for hydroxylation is 1. The summed E-state index contributed by atoms with van der Waals surface area (Å²) < 4.78 is 1.69. The summed E-state index contributed by atoms with van der Waals surface area (Å²) in [4.78, 5) is 4.11. The second-order valence-electron chi connectivity index (χ2n) is 3.25. The second kappa shape index (κ2) is 3.84. The highest BCUT2D eigenvalue weighted by molar-refractivity contribution is 6.58. The smallest absolute Gasteiger partial charge is 0.423 e. The predicted molar refractivity (Wildman–Crippen MR) is 56.3 cm³/mol. The zero-order chi connectivity index (χ0) is 10.8. The molecule has 0 aliphatic carbocycles. The van der Waals surface area contributed by atoms with Crippen LogP contribution in [0.3, 0.4) is 0 Å². The quantitative estimate of drug-likeness (QED) is 0.624. The molecule has 5 nitrogen and oxygen atoms in total. The normalized spacial score (nSPS) is 10.3. The van der Waals surface area contributed by atoms with Crippen LogP contribution in [0.1, 0.15) is 0 Å². The Bertz CT molecular complexity index is 453. The van der Waals surface area contributed by atoms with Crippen LogP contribution >= 0.6 is 0 Å². The van der Waals surface area contributed by atoms with E-state index in [4.69, 9.17) is 10.0 Å². The first-order chi connectivity index (χ1) is 7.16. The van der Waals surface area contributed by atoms with Gasteiger partial charge in [0, 0.05) is 30.5 Å². The molecule has 0 aliphatic rings. The van der Waals surface area contributed by atoms with E-state index in [9.17, 15) is 0 Å². The molecule has 76 valence electrons. The molecule has 2 aromatic rings. The first-order valence-electron chi connectivity index (χ1n) is 4.48. The van der Waals surface area contributed by atoms with Gasteiger partial charge in [-0.3, -0.25) is 9.67 Å². The van der Waals surface area contributed by atoms with E-state index in [1.807, 2.05) is 13.2 Å². The third-order valence-electron chi connectivity index (χ3n) is 2.09. The summed E-state index contributed by atoms with van der Waals surface area (Å²) in [6.07, 6.45) is 4.99. The monoisotopic (exact) mass is 203 g/mol. The average molecular weight is 203 g/mol. The van der Waals surface area contributed by atoms with E-state index in [-0.39, 0.29) is 0 Å². The summed E-state index contributed by atoms with van der Waals surface area (Å²) in [7, 11) is 0.357. The van der Waals surface area contributed by atoms with Gasteiger partial charge in [-0.15, -0.1) is 0 Å². The maximum absolute atomic E-state index is 8.89. The molecule has 0 unspecified atom stereocenters. The van der Waals surface area contributed by atoms with Crippen LogP contribution in [0.15, 0.2) is 30.7 Å². The number of hydrogen-bond donors (Lipinski definition) is 2. The summed E-state index contributed by atoms with van der Waals surface area (Å²) in [5, 5.41) is 21.8. The van der Waals surface area contributed by atoms with Crippen molar-refractivity contribution in [2.24, 2.45) is 7.05 Å². The average Bonchev–Trinajstić information content (AvgIpc) is 2.65. The second-order valence-corrected chi connectivity index (χ2v) is 3.25. The van der Waals surface area contributed by atoms with Crippen LogP contribution in [0, 0.1) is 0 Å². The third kappa shape index (κ3) is 2.06. The summed E-state index contributed by atoms with van der Waals surface area (Å²) in [5.41, 5.74) is 2.03. The van der Waals surface area contributed by atoms with Gasteiger partial charge in [-0.05, 0) is 6.07 Å². The van der Waals surface area contributed by atoms with Gasteiger partial charge in [-0.25, -0.2) is 0 Å². The standard InChI is InChI=1S/C9H10BN3O2/c1-13-6-7(4-12-13)9-3-2-8(5-11-9)10(14)15/h2-6,14-15H,1H3. The van der Waals surface area contributed by atoms with Crippen molar-refractivity contribution < 1.29 is 10.0 Å². The predicted octanol–water partition coefficient (Wildman–Crippen LogP) is -0.838. The fourth-order valence-electron chi connectivity index (χ4n) is 1.28. The lowest BCUT2D eigenvalue weighted by Gasteiger charge is -1.99. The van der Waals surface area contributed by atoms with E-state index in [0.717, 1.165) is 11.3 Å². The molecule has 0 atom stereocenters. The van der Waals surface area contributed by atoms with Crippen LogP contribution in [-0.2, 0) is 7.05 Å². The summed E-state index contributed by atoms with van der Waals surface area (Å²) in [6, 6.07) is 3.35. The summed E-state index contributed by atoms with van der Waals surface area (Å²) in [5.74, 6) is 0. The minimum atomic E-state index is -1.47. The van der Waals surface area contributed by atoms with Crippen molar-refractivity contribution in [1.29, 1.82) is 0 Å². The largest absolute Gasteiger partial charge is 0.490 e. The molecular weight excluding hydrogens is 193 g/mol.